The fourth-order valence-corrected chi connectivity index (χ4v) is 5.75. The van der Waals surface area contributed by atoms with Crippen molar-refractivity contribution in [3.8, 4) is 45.2 Å². The molecule has 0 aliphatic heterocycles. The van der Waals surface area contributed by atoms with Gasteiger partial charge in [0.25, 0.3) is 0 Å². The Bertz CT molecular complexity index is 1740. The molecule has 46 heavy (non-hydrogen) atoms. The summed E-state index contributed by atoms with van der Waals surface area (Å²) in [5.41, 5.74) is 7.50. The molecule has 6 heterocycles. The largest absolute Gasteiger partial charge is 0.355 e. The van der Waals surface area contributed by atoms with Crippen LogP contribution in [-0.2, 0) is 42.1 Å². The summed E-state index contributed by atoms with van der Waals surface area (Å²) in [6.45, 7) is 0. The van der Waals surface area contributed by atoms with Crippen LogP contribution in [0.5, 0.6) is 0 Å². The summed E-state index contributed by atoms with van der Waals surface area (Å²) < 4.78 is 1.32. The third-order valence-corrected chi connectivity index (χ3v) is 8.17. The molecule has 0 unspecified atom stereocenters. The molecule has 8 heteroatoms. The fourth-order valence-electron chi connectivity index (χ4n) is 4.20. The molecule has 0 aliphatic rings. The molecular formula is C38H24N4Pt2S2-4. The van der Waals surface area contributed by atoms with E-state index in [1.165, 1.54) is 4.01 Å². The van der Waals surface area contributed by atoms with Gasteiger partial charge < -0.3 is 17.5 Å². The van der Waals surface area contributed by atoms with Gasteiger partial charge in [-0.25, -0.2) is 10.5 Å². The van der Waals surface area contributed by atoms with Gasteiger partial charge in [-0.15, -0.1) is 27.8 Å². The molecule has 0 fully saturated rings. The number of hydrogen-bond donors (Lipinski definition) is 0. The van der Waals surface area contributed by atoms with Crippen LogP contribution in [0.3, 0.4) is 0 Å². The van der Waals surface area contributed by atoms with Crippen LogP contribution in [-0.4, -0.2) is 19.9 Å². The Hall–Kier alpha value is -3.92. The predicted molar refractivity (Wildman–Crippen MR) is 181 cm³/mol. The first-order chi connectivity index (χ1) is 21.8. The quantitative estimate of drug-likeness (QED) is 0.165. The van der Waals surface area contributed by atoms with Gasteiger partial charge in [0.15, 0.2) is 0 Å². The van der Waals surface area contributed by atoms with Crippen LogP contribution >= 0.6 is 22.7 Å². The van der Waals surface area contributed by atoms with Crippen molar-refractivity contribution in [3.63, 3.8) is 0 Å². The normalized spacial score (nSPS) is 9.83. The number of hydrogen-bond acceptors (Lipinski definition) is 6. The van der Waals surface area contributed by atoms with Gasteiger partial charge in [0.05, 0.1) is 22.8 Å². The zero-order valence-corrected chi connectivity index (χ0v) is 30.3. The molecule has 0 N–H and O–H groups in total. The van der Waals surface area contributed by atoms with Crippen molar-refractivity contribution in [2.24, 2.45) is 0 Å². The standard InChI is InChI=1S/C17H11N.C15H11N3.C6H2S2.2Pt/c1-2-7-14(8-3-1)15-9-6-10-16(13-15)17-11-4-5-12-18-17;1-3-10-16-12(6-1)14-8-5-9-15(18-14)13-7-2-4-11-17-13;1-3-7-6-5(1)2-4-8-6;;/h1-7,9-12H;1-11H;3-4H;;/q-2;;-2;;. The molecule has 0 amide bonds. The second-order valence-electron chi connectivity index (χ2n) is 9.23. The van der Waals surface area contributed by atoms with E-state index in [1.54, 1.807) is 41.3 Å². The van der Waals surface area contributed by atoms with Gasteiger partial charge in [0.1, 0.15) is 0 Å². The number of aromatic nitrogens is 4. The monoisotopic (exact) mass is 990 g/mol. The Morgan fingerprint density at radius 1 is 0.435 bits per heavy atom. The SMILES string of the molecule is [Pt].[Pt].[c-]1ccccc1-c1[c-]c(-c2ccccn2)ccc1.[c-]1csc2sc[c-]c12.c1ccc(-c2cccc(-c3ccccn3)n2)nc1. The summed E-state index contributed by atoms with van der Waals surface area (Å²) >= 11 is 3.45. The summed E-state index contributed by atoms with van der Waals surface area (Å²) in [5.74, 6) is 0. The molecule has 0 radical (unpaired) electrons. The van der Waals surface area contributed by atoms with Crippen molar-refractivity contribution in [2.75, 3.05) is 0 Å². The molecule has 0 spiro atoms. The van der Waals surface area contributed by atoms with Crippen molar-refractivity contribution in [2.45, 2.75) is 0 Å². The topological polar surface area (TPSA) is 51.6 Å². The average Bonchev–Trinajstić information content (AvgIpc) is 3.77. The van der Waals surface area contributed by atoms with E-state index in [-0.39, 0.29) is 42.1 Å². The van der Waals surface area contributed by atoms with Crippen molar-refractivity contribution in [3.05, 3.63) is 169 Å². The maximum Gasteiger partial charge on any atom is 0.0894 e. The Balaban J connectivity index is 0.000000163. The average molecular weight is 991 g/mol. The van der Waals surface area contributed by atoms with E-state index in [0.717, 1.165) is 50.5 Å². The summed E-state index contributed by atoms with van der Waals surface area (Å²) in [4.78, 5) is 17.5. The van der Waals surface area contributed by atoms with E-state index in [9.17, 15) is 0 Å². The first kappa shape index (κ1) is 34.9. The predicted octanol–water partition coefficient (Wildman–Crippen LogP) is 9.78. The minimum absolute atomic E-state index is 0. The molecule has 232 valence electrons. The molecule has 0 bridgehead atoms. The number of benzene rings is 2. The molecule has 4 nitrogen and oxygen atoms in total. The van der Waals surface area contributed by atoms with E-state index in [0.29, 0.717) is 0 Å². The van der Waals surface area contributed by atoms with Crippen molar-refractivity contribution >= 4 is 32.1 Å². The maximum atomic E-state index is 4.59. The van der Waals surface area contributed by atoms with Crippen molar-refractivity contribution in [1.29, 1.82) is 0 Å². The van der Waals surface area contributed by atoms with Crippen LogP contribution in [0.15, 0.2) is 145 Å². The Morgan fingerprint density at radius 3 is 1.46 bits per heavy atom. The van der Waals surface area contributed by atoms with Crippen LogP contribution in [0, 0.1) is 24.3 Å². The van der Waals surface area contributed by atoms with Gasteiger partial charge in [-0.1, -0.05) is 30.3 Å². The summed E-state index contributed by atoms with van der Waals surface area (Å²) in [6, 6.07) is 50.1. The van der Waals surface area contributed by atoms with Crippen LogP contribution < -0.4 is 0 Å². The van der Waals surface area contributed by atoms with Gasteiger partial charge in [-0.2, -0.15) is 52.7 Å². The van der Waals surface area contributed by atoms with E-state index >= 15 is 0 Å². The molecule has 0 atom stereocenters. The zero-order valence-electron chi connectivity index (χ0n) is 24.1. The van der Waals surface area contributed by atoms with Crippen LogP contribution in [0.25, 0.3) is 54.6 Å². The molecule has 8 aromatic rings. The second kappa shape index (κ2) is 18.3. The van der Waals surface area contributed by atoms with E-state index in [1.807, 2.05) is 126 Å². The number of fused-ring (bicyclic) bond motifs is 1. The van der Waals surface area contributed by atoms with Gasteiger partial charge in [-0.3, -0.25) is 37.6 Å². The number of thiophene rings is 2. The molecule has 0 aliphatic carbocycles. The second-order valence-corrected chi connectivity index (χ2v) is 11.2. The maximum absolute atomic E-state index is 4.59. The summed E-state index contributed by atoms with van der Waals surface area (Å²) in [6.07, 6.45) is 5.33. The Morgan fingerprint density at radius 2 is 0.935 bits per heavy atom. The summed E-state index contributed by atoms with van der Waals surface area (Å²) in [5, 5.41) is 5.08. The van der Waals surface area contributed by atoms with E-state index < -0.39 is 0 Å². The molecule has 2 aromatic carbocycles. The van der Waals surface area contributed by atoms with Crippen LogP contribution in [0.1, 0.15) is 0 Å². The summed E-state index contributed by atoms with van der Waals surface area (Å²) in [7, 11) is 0. The Kier molecular flexibility index (Phi) is 13.9. The third kappa shape index (κ3) is 9.54. The van der Waals surface area contributed by atoms with Crippen LogP contribution in [0.4, 0.5) is 0 Å². The third-order valence-electron chi connectivity index (χ3n) is 6.28. The molecule has 0 saturated carbocycles. The van der Waals surface area contributed by atoms with Crippen molar-refractivity contribution in [1.82, 2.24) is 19.9 Å². The number of pyridine rings is 4. The smallest absolute Gasteiger partial charge is 0.0894 e. The minimum Gasteiger partial charge on any atom is -0.355 e. The van der Waals surface area contributed by atoms with Crippen molar-refractivity contribution < 1.29 is 42.1 Å². The first-order valence-electron chi connectivity index (χ1n) is 13.8. The molecule has 6 aromatic heterocycles. The zero-order chi connectivity index (χ0) is 29.8. The minimum atomic E-state index is 0. The first-order valence-corrected chi connectivity index (χ1v) is 15.5. The van der Waals surface area contributed by atoms with Gasteiger partial charge in [-0.05, 0) is 42.5 Å². The van der Waals surface area contributed by atoms with Gasteiger partial charge in [0.2, 0.25) is 0 Å². The molecule has 8 rings (SSSR count). The Labute approximate surface area is 305 Å². The van der Waals surface area contributed by atoms with Crippen LogP contribution in [0.2, 0.25) is 0 Å². The molecule has 0 saturated heterocycles. The molecular weight excluding hydrogens is 967 g/mol. The van der Waals surface area contributed by atoms with E-state index in [2.05, 4.69) is 44.2 Å². The van der Waals surface area contributed by atoms with Gasteiger partial charge in [0, 0.05) is 66.4 Å². The van der Waals surface area contributed by atoms with E-state index in [4.69, 9.17) is 0 Å². The fraction of sp³-hybridized carbons (Fsp3) is 0. The van der Waals surface area contributed by atoms with Gasteiger partial charge >= 0.3 is 0 Å². The number of nitrogens with zero attached hydrogens (tertiary/aromatic N) is 4. The number of rotatable bonds is 4.